The second-order valence-corrected chi connectivity index (χ2v) is 10.9. The van der Waals surface area contributed by atoms with Crippen LogP contribution in [0.2, 0.25) is 0 Å². The summed E-state index contributed by atoms with van der Waals surface area (Å²) in [6.07, 6.45) is 3.71. The molecule has 1 spiro atoms. The van der Waals surface area contributed by atoms with Gasteiger partial charge in [0.15, 0.2) is 23.1 Å². The molecule has 8 heteroatoms. The van der Waals surface area contributed by atoms with Gasteiger partial charge in [0.1, 0.15) is 17.3 Å². The van der Waals surface area contributed by atoms with Crippen LogP contribution in [0, 0.1) is 11.7 Å². The van der Waals surface area contributed by atoms with E-state index in [4.69, 9.17) is 9.47 Å². The maximum absolute atomic E-state index is 14.7. The van der Waals surface area contributed by atoms with Crippen molar-refractivity contribution in [3.63, 3.8) is 0 Å². The molecule has 0 bridgehead atoms. The number of hydrogen-bond acceptors (Lipinski definition) is 6. The van der Waals surface area contributed by atoms with Crippen LogP contribution in [0.4, 0.5) is 10.1 Å². The van der Waals surface area contributed by atoms with Gasteiger partial charge >= 0.3 is 0 Å². The number of Topliss-reactive ketones (excluding diaryl/α,β-unsaturated/α-hetero) is 2. The number of nitrogens with zero attached hydrogens (tertiary/aromatic N) is 1. The summed E-state index contributed by atoms with van der Waals surface area (Å²) in [5.74, 6) is -1.98. The van der Waals surface area contributed by atoms with Crippen molar-refractivity contribution in [1.29, 1.82) is 0 Å². The Morgan fingerprint density at radius 1 is 0.837 bits per heavy atom. The molecule has 43 heavy (non-hydrogen) atoms. The van der Waals surface area contributed by atoms with Crippen LogP contribution >= 0.6 is 0 Å². The summed E-state index contributed by atoms with van der Waals surface area (Å²) in [6.45, 7) is 0. The number of ketones is 2. The smallest absolute Gasteiger partial charge is 0.238 e. The van der Waals surface area contributed by atoms with Gasteiger partial charge in [0.25, 0.3) is 0 Å². The number of fused-ring (bicyclic) bond motifs is 6. The van der Waals surface area contributed by atoms with Crippen molar-refractivity contribution < 1.29 is 28.2 Å². The van der Waals surface area contributed by atoms with Crippen LogP contribution in [0.3, 0.4) is 0 Å². The van der Waals surface area contributed by atoms with E-state index in [1.807, 2.05) is 59.6 Å². The lowest BCUT2D eigenvalue weighted by atomic mass is 9.62. The van der Waals surface area contributed by atoms with Gasteiger partial charge in [-0.3, -0.25) is 14.4 Å². The average molecular weight is 575 g/mol. The molecule has 7 rings (SSSR count). The van der Waals surface area contributed by atoms with Crippen LogP contribution in [0.1, 0.15) is 43.4 Å². The Morgan fingerprint density at radius 2 is 1.53 bits per heavy atom. The Bertz CT molecular complexity index is 1830. The second kappa shape index (κ2) is 9.94. The molecule has 0 aromatic heterocycles. The predicted molar refractivity (Wildman–Crippen MR) is 159 cm³/mol. The summed E-state index contributed by atoms with van der Waals surface area (Å²) >= 11 is 0. The normalized spacial score (nSPS) is 22.9. The third-order valence-corrected chi connectivity index (χ3v) is 8.92. The first-order valence-electron chi connectivity index (χ1n) is 13.9. The number of nitrogens with one attached hydrogen (secondary N) is 1. The maximum Gasteiger partial charge on any atom is 0.238 e. The number of carbonyl (C=O) groups excluding carboxylic acids is 3. The SMILES string of the molecule is COc1ccc(C(=O)[C@@H]2[C@@H](C(=O)c3ccc(F)cc3)[C@@]3(C(=O)Nc4ccccc43)[C@H]3c4ccccc4C=CN23)cc1OC. The lowest BCUT2D eigenvalue weighted by molar-refractivity contribution is -0.122. The third kappa shape index (κ3) is 3.75. The van der Waals surface area contributed by atoms with Gasteiger partial charge in [-0.15, -0.1) is 0 Å². The minimum atomic E-state index is -1.47. The van der Waals surface area contributed by atoms with E-state index in [2.05, 4.69) is 5.32 Å². The molecule has 0 aliphatic carbocycles. The highest BCUT2D eigenvalue weighted by molar-refractivity contribution is 6.16. The highest BCUT2D eigenvalue weighted by Gasteiger charge is 2.70. The van der Waals surface area contributed by atoms with Crippen LogP contribution < -0.4 is 14.8 Å². The first-order chi connectivity index (χ1) is 20.9. The van der Waals surface area contributed by atoms with Crippen molar-refractivity contribution in [2.24, 2.45) is 5.92 Å². The van der Waals surface area contributed by atoms with E-state index in [0.29, 0.717) is 28.3 Å². The Morgan fingerprint density at radius 3 is 2.30 bits per heavy atom. The van der Waals surface area contributed by atoms with E-state index in [9.17, 15) is 18.8 Å². The monoisotopic (exact) mass is 574 g/mol. The molecule has 4 atom stereocenters. The summed E-state index contributed by atoms with van der Waals surface area (Å²) in [7, 11) is 2.99. The molecule has 1 amide bonds. The van der Waals surface area contributed by atoms with Crippen LogP contribution in [0.15, 0.2) is 97.2 Å². The molecule has 7 nitrogen and oxygen atoms in total. The van der Waals surface area contributed by atoms with E-state index in [0.717, 1.165) is 11.1 Å². The molecule has 3 heterocycles. The molecule has 3 aliphatic heterocycles. The number of hydrogen-bond donors (Lipinski definition) is 1. The second-order valence-electron chi connectivity index (χ2n) is 10.9. The highest BCUT2D eigenvalue weighted by atomic mass is 19.1. The fraction of sp³-hybridized carbons (Fsp3) is 0.171. The standard InChI is InChI=1S/C35H27FN2O5/c1-42-27-16-13-22(19-28(27)43-2)32(40)30-29(31(39)21-11-14-23(36)15-12-21)35(25-9-5-6-10-26(25)37-34(35)41)33-24-8-4-3-7-20(24)17-18-38(30)33/h3-19,29-30,33H,1-2H3,(H,37,41)/t29-,30-,33+,35+/m0/s1. The number of amides is 1. The maximum atomic E-state index is 14.7. The van der Waals surface area contributed by atoms with Gasteiger partial charge in [-0.2, -0.15) is 0 Å². The molecule has 0 unspecified atom stereocenters. The van der Waals surface area contributed by atoms with Gasteiger partial charge < -0.3 is 19.7 Å². The molecule has 1 N–H and O–H groups in total. The molecular formula is C35H27FN2O5. The minimum absolute atomic E-state index is 0.213. The van der Waals surface area contributed by atoms with Gasteiger partial charge in [0, 0.05) is 23.0 Å². The van der Waals surface area contributed by atoms with Crippen LogP contribution in [-0.4, -0.2) is 42.6 Å². The summed E-state index contributed by atoms with van der Waals surface area (Å²) in [5, 5.41) is 3.02. The van der Waals surface area contributed by atoms with Crippen LogP contribution in [-0.2, 0) is 10.2 Å². The Hall–Kier alpha value is -5.24. The number of rotatable bonds is 6. The van der Waals surface area contributed by atoms with Crippen molar-refractivity contribution in [2.45, 2.75) is 17.5 Å². The molecule has 4 aromatic carbocycles. The third-order valence-electron chi connectivity index (χ3n) is 8.92. The number of halogens is 1. The van der Waals surface area contributed by atoms with Crippen LogP contribution in [0.5, 0.6) is 11.5 Å². The quantitative estimate of drug-likeness (QED) is 0.292. The lowest BCUT2D eigenvalue weighted by Crippen LogP contribution is -2.49. The van der Waals surface area contributed by atoms with E-state index >= 15 is 0 Å². The van der Waals surface area contributed by atoms with E-state index in [-0.39, 0.29) is 17.3 Å². The topological polar surface area (TPSA) is 84.9 Å². The molecule has 1 fully saturated rings. The molecule has 0 radical (unpaired) electrons. The highest BCUT2D eigenvalue weighted by Crippen LogP contribution is 2.62. The number of anilines is 1. The summed E-state index contributed by atoms with van der Waals surface area (Å²) < 4.78 is 24.8. The first-order valence-corrected chi connectivity index (χ1v) is 13.9. The lowest BCUT2D eigenvalue weighted by Gasteiger charge is -2.38. The number of methoxy groups -OCH3 is 2. The molecule has 1 saturated heterocycles. The number of ether oxygens (including phenoxy) is 2. The fourth-order valence-electron chi connectivity index (χ4n) is 7.12. The van der Waals surface area contributed by atoms with Gasteiger partial charge in [0.2, 0.25) is 5.91 Å². The zero-order valence-corrected chi connectivity index (χ0v) is 23.4. The summed E-state index contributed by atoms with van der Waals surface area (Å²) in [5.41, 5.74) is 2.00. The van der Waals surface area contributed by atoms with Gasteiger partial charge in [0.05, 0.1) is 26.2 Å². The van der Waals surface area contributed by atoms with Crippen LogP contribution in [0.25, 0.3) is 6.08 Å². The zero-order valence-electron chi connectivity index (χ0n) is 23.4. The predicted octanol–water partition coefficient (Wildman–Crippen LogP) is 5.82. The van der Waals surface area contributed by atoms with Gasteiger partial charge in [-0.05, 0) is 71.3 Å². The first kappa shape index (κ1) is 26.6. The number of benzene rings is 4. The van der Waals surface area contributed by atoms with E-state index in [1.165, 1.54) is 38.5 Å². The molecule has 214 valence electrons. The Balaban J connectivity index is 1.51. The molecule has 4 aromatic rings. The molecule has 3 aliphatic rings. The summed E-state index contributed by atoms with van der Waals surface area (Å²) in [6, 6.07) is 23.3. The van der Waals surface area contributed by atoms with Crippen molar-refractivity contribution >= 4 is 29.2 Å². The summed E-state index contributed by atoms with van der Waals surface area (Å²) in [4.78, 5) is 45.8. The molecular weight excluding hydrogens is 547 g/mol. The van der Waals surface area contributed by atoms with Crippen molar-refractivity contribution in [2.75, 3.05) is 19.5 Å². The fourth-order valence-corrected chi connectivity index (χ4v) is 7.12. The van der Waals surface area contributed by atoms with Gasteiger partial charge in [-0.25, -0.2) is 4.39 Å². The largest absolute Gasteiger partial charge is 0.493 e. The van der Waals surface area contributed by atoms with E-state index in [1.54, 1.807) is 24.3 Å². The Kier molecular flexibility index (Phi) is 6.16. The minimum Gasteiger partial charge on any atom is -0.493 e. The number of carbonyl (C=O) groups is 3. The molecule has 0 saturated carbocycles. The van der Waals surface area contributed by atoms with Crippen molar-refractivity contribution in [1.82, 2.24) is 4.90 Å². The van der Waals surface area contributed by atoms with E-state index < -0.39 is 35.0 Å². The zero-order chi connectivity index (χ0) is 29.9. The average Bonchev–Trinajstić information content (AvgIpc) is 3.52. The Labute approximate surface area is 247 Å². The van der Waals surface area contributed by atoms with Crippen molar-refractivity contribution in [3.05, 3.63) is 131 Å². The van der Waals surface area contributed by atoms with Crippen molar-refractivity contribution in [3.8, 4) is 11.5 Å². The number of para-hydroxylation sites is 1. The van der Waals surface area contributed by atoms with Gasteiger partial charge in [-0.1, -0.05) is 42.5 Å².